The summed E-state index contributed by atoms with van der Waals surface area (Å²) in [5.41, 5.74) is 3.18. The van der Waals surface area contributed by atoms with E-state index in [1.165, 1.54) is 18.5 Å². The number of nitrogens with one attached hydrogen (secondary N) is 1. The van der Waals surface area contributed by atoms with Gasteiger partial charge in [-0.3, -0.25) is 9.69 Å². The Hall–Kier alpha value is -1.82. The highest BCUT2D eigenvalue weighted by atomic mass is 16.2. The van der Waals surface area contributed by atoms with Crippen molar-refractivity contribution in [1.82, 2.24) is 19.7 Å². The number of carbonyl (C=O) groups is 2. The highest BCUT2D eigenvalue weighted by Gasteiger charge is 2.29. The summed E-state index contributed by atoms with van der Waals surface area (Å²) in [4.78, 5) is 28.7. The van der Waals surface area contributed by atoms with Crippen LogP contribution >= 0.6 is 0 Å². The fourth-order valence-corrected chi connectivity index (χ4v) is 3.70. The van der Waals surface area contributed by atoms with E-state index in [1.807, 2.05) is 17.9 Å². The number of Topliss-reactive ketones (excluding diaryl/α,β-unsaturated/α-hetero) is 1. The second kappa shape index (κ2) is 7.60. The molecular formula is C19H30N4O2. The third kappa shape index (κ3) is 4.06. The number of aromatic nitrogens is 1. The smallest absolute Gasteiger partial charge is 0.317 e. The van der Waals surface area contributed by atoms with Crippen LogP contribution in [0.25, 0.3) is 0 Å². The first kappa shape index (κ1) is 18.0. The van der Waals surface area contributed by atoms with E-state index in [4.69, 9.17) is 0 Å². The topological polar surface area (TPSA) is 57.6 Å². The molecule has 1 aromatic heterocycles. The van der Waals surface area contributed by atoms with Crippen LogP contribution < -0.4 is 5.32 Å². The molecule has 2 aliphatic rings. The predicted molar refractivity (Wildman–Crippen MR) is 98.2 cm³/mol. The van der Waals surface area contributed by atoms with Gasteiger partial charge in [-0.1, -0.05) is 6.92 Å². The number of aryl methyl sites for hydroxylation is 1. The molecule has 25 heavy (non-hydrogen) atoms. The summed E-state index contributed by atoms with van der Waals surface area (Å²) in [5.74, 6) is 0.198. The van der Waals surface area contributed by atoms with Crippen molar-refractivity contribution < 1.29 is 9.59 Å². The van der Waals surface area contributed by atoms with Crippen LogP contribution in [0.2, 0.25) is 0 Å². The molecule has 2 heterocycles. The minimum Gasteiger partial charge on any atom is -0.345 e. The maximum atomic E-state index is 12.8. The lowest BCUT2D eigenvalue weighted by atomic mass is 10.1. The van der Waals surface area contributed by atoms with E-state index < -0.39 is 0 Å². The van der Waals surface area contributed by atoms with Crippen LogP contribution in [0.5, 0.6) is 0 Å². The van der Waals surface area contributed by atoms with Gasteiger partial charge in [-0.25, -0.2) is 4.79 Å². The number of urea groups is 1. The highest BCUT2D eigenvalue weighted by molar-refractivity contribution is 5.99. The molecule has 0 bridgehead atoms. The molecule has 2 fully saturated rings. The zero-order valence-corrected chi connectivity index (χ0v) is 15.7. The molecule has 6 nitrogen and oxygen atoms in total. The Kier molecular flexibility index (Phi) is 5.47. The van der Waals surface area contributed by atoms with E-state index >= 15 is 0 Å². The van der Waals surface area contributed by atoms with Gasteiger partial charge in [0.1, 0.15) is 0 Å². The fraction of sp³-hybridized carbons (Fsp3) is 0.684. The van der Waals surface area contributed by atoms with Crippen LogP contribution in [-0.4, -0.2) is 65.4 Å². The van der Waals surface area contributed by atoms with Crippen molar-refractivity contribution in [1.29, 1.82) is 0 Å². The summed E-state index contributed by atoms with van der Waals surface area (Å²) in [7, 11) is 0. The summed E-state index contributed by atoms with van der Waals surface area (Å²) in [6.45, 7) is 10.2. The normalized spacial score (nSPS) is 18.4. The van der Waals surface area contributed by atoms with Crippen molar-refractivity contribution >= 4 is 11.8 Å². The summed E-state index contributed by atoms with van der Waals surface area (Å²) in [5, 5.41) is 2.92. The van der Waals surface area contributed by atoms with Crippen molar-refractivity contribution in [2.45, 2.75) is 46.1 Å². The molecular weight excluding hydrogens is 316 g/mol. The Morgan fingerprint density at radius 2 is 1.84 bits per heavy atom. The highest BCUT2D eigenvalue weighted by Crippen LogP contribution is 2.38. The standard InChI is InChI=1S/C19H30N4O2/c1-4-7-20-19(25)22-10-8-21(9-11-22)13-18(24)17-12-14(2)23(15(17)3)16-5-6-16/h12,16H,4-11,13H2,1-3H3,(H,20,25). The maximum Gasteiger partial charge on any atom is 0.317 e. The monoisotopic (exact) mass is 346 g/mol. The minimum atomic E-state index is 0.0146. The zero-order chi connectivity index (χ0) is 18.0. The van der Waals surface area contributed by atoms with Gasteiger partial charge in [0.15, 0.2) is 5.78 Å². The van der Waals surface area contributed by atoms with Gasteiger partial charge < -0.3 is 14.8 Å². The second-order valence-electron chi connectivity index (χ2n) is 7.30. The molecule has 1 aliphatic carbocycles. The molecule has 1 saturated carbocycles. The number of nitrogens with zero attached hydrogens (tertiary/aromatic N) is 3. The van der Waals surface area contributed by atoms with E-state index in [2.05, 4.69) is 28.6 Å². The van der Waals surface area contributed by atoms with Crippen LogP contribution in [0.3, 0.4) is 0 Å². The number of amides is 2. The molecule has 0 spiro atoms. The molecule has 0 atom stereocenters. The van der Waals surface area contributed by atoms with Crippen LogP contribution in [-0.2, 0) is 0 Å². The minimum absolute atomic E-state index is 0.0146. The Bertz CT molecular complexity index is 640. The van der Waals surface area contributed by atoms with E-state index in [-0.39, 0.29) is 11.8 Å². The molecule has 6 heteroatoms. The SMILES string of the molecule is CCCNC(=O)N1CCN(CC(=O)c2cc(C)n(C3CC3)c2C)CC1. The van der Waals surface area contributed by atoms with Gasteiger partial charge in [0.2, 0.25) is 0 Å². The molecule has 0 radical (unpaired) electrons. The Labute approximate surface area is 150 Å². The summed E-state index contributed by atoms with van der Waals surface area (Å²) in [6, 6.07) is 2.66. The lowest BCUT2D eigenvalue weighted by molar-refractivity contribution is 0.0878. The average Bonchev–Trinajstić information content (AvgIpc) is 3.38. The third-order valence-electron chi connectivity index (χ3n) is 5.25. The first-order valence-electron chi connectivity index (χ1n) is 9.48. The number of rotatable bonds is 6. The summed E-state index contributed by atoms with van der Waals surface area (Å²) < 4.78 is 2.32. The fourth-order valence-electron chi connectivity index (χ4n) is 3.70. The van der Waals surface area contributed by atoms with E-state index in [1.54, 1.807) is 0 Å². The van der Waals surface area contributed by atoms with Gasteiger partial charge in [-0.15, -0.1) is 0 Å². The third-order valence-corrected chi connectivity index (χ3v) is 5.25. The van der Waals surface area contributed by atoms with Gasteiger partial charge in [0, 0.05) is 55.7 Å². The number of ketones is 1. The predicted octanol–water partition coefficient (Wildman–Crippen LogP) is 2.36. The van der Waals surface area contributed by atoms with E-state index in [0.29, 0.717) is 32.2 Å². The van der Waals surface area contributed by atoms with Crippen molar-refractivity contribution in [2.24, 2.45) is 0 Å². The largest absolute Gasteiger partial charge is 0.345 e. The molecule has 3 rings (SSSR count). The number of hydrogen-bond acceptors (Lipinski definition) is 3. The Morgan fingerprint density at radius 3 is 2.44 bits per heavy atom. The molecule has 2 amide bonds. The van der Waals surface area contributed by atoms with Gasteiger partial charge in [0.25, 0.3) is 0 Å². The van der Waals surface area contributed by atoms with Crippen molar-refractivity contribution in [2.75, 3.05) is 39.3 Å². The molecule has 138 valence electrons. The van der Waals surface area contributed by atoms with Crippen LogP contribution in [0, 0.1) is 13.8 Å². The molecule has 0 aromatic carbocycles. The second-order valence-corrected chi connectivity index (χ2v) is 7.30. The number of piperazine rings is 1. The Morgan fingerprint density at radius 1 is 1.16 bits per heavy atom. The lowest BCUT2D eigenvalue weighted by Gasteiger charge is -2.34. The van der Waals surface area contributed by atoms with Crippen molar-refractivity contribution in [3.8, 4) is 0 Å². The summed E-state index contributed by atoms with van der Waals surface area (Å²) in [6.07, 6.45) is 3.40. The van der Waals surface area contributed by atoms with Crippen LogP contribution in [0.15, 0.2) is 6.07 Å². The summed E-state index contributed by atoms with van der Waals surface area (Å²) >= 11 is 0. The number of carbonyl (C=O) groups excluding carboxylic acids is 2. The van der Waals surface area contributed by atoms with Crippen LogP contribution in [0.1, 0.15) is 54.0 Å². The van der Waals surface area contributed by atoms with Gasteiger partial charge in [-0.05, 0) is 39.2 Å². The Balaban J connectivity index is 1.53. The van der Waals surface area contributed by atoms with Crippen molar-refractivity contribution in [3.05, 3.63) is 23.0 Å². The molecule has 1 saturated heterocycles. The first-order valence-corrected chi connectivity index (χ1v) is 9.48. The number of hydrogen-bond donors (Lipinski definition) is 1. The molecule has 1 aliphatic heterocycles. The van der Waals surface area contributed by atoms with Gasteiger partial charge in [-0.2, -0.15) is 0 Å². The van der Waals surface area contributed by atoms with Crippen molar-refractivity contribution in [3.63, 3.8) is 0 Å². The van der Waals surface area contributed by atoms with Gasteiger partial charge >= 0.3 is 6.03 Å². The van der Waals surface area contributed by atoms with E-state index in [9.17, 15) is 9.59 Å². The van der Waals surface area contributed by atoms with E-state index in [0.717, 1.165) is 30.8 Å². The maximum absolute atomic E-state index is 12.8. The van der Waals surface area contributed by atoms with Gasteiger partial charge in [0.05, 0.1) is 6.54 Å². The first-order chi connectivity index (χ1) is 12.0. The van der Waals surface area contributed by atoms with Crippen LogP contribution in [0.4, 0.5) is 4.79 Å². The quantitative estimate of drug-likeness (QED) is 0.805. The lowest BCUT2D eigenvalue weighted by Crippen LogP contribution is -2.52. The molecule has 1 aromatic rings. The molecule has 1 N–H and O–H groups in total. The average molecular weight is 346 g/mol. The zero-order valence-electron chi connectivity index (χ0n) is 15.7. The molecule has 0 unspecified atom stereocenters.